The van der Waals surface area contributed by atoms with Gasteiger partial charge in [0, 0.05) is 5.56 Å². The Balaban J connectivity index is 1.96. The van der Waals surface area contributed by atoms with E-state index in [-0.39, 0.29) is 30.4 Å². The summed E-state index contributed by atoms with van der Waals surface area (Å²) in [6.07, 6.45) is 0.769. The molecule has 1 fully saturated rings. The topological polar surface area (TPSA) is 97.4 Å². The van der Waals surface area contributed by atoms with E-state index < -0.39 is 0 Å². The minimum absolute atomic E-state index is 0.0377. The van der Waals surface area contributed by atoms with Crippen molar-refractivity contribution in [3.63, 3.8) is 0 Å². The molecule has 19 heavy (non-hydrogen) atoms. The lowest BCUT2D eigenvalue weighted by Gasteiger charge is -2.09. The Morgan fingerprint density at radius 2 is 2.21 bits per heavy atom. The summed E-state index contributed by atoms with van der Waals surface area (Å²) in [4.78, 5) is 16.5. The van der Waals surface area contributed by atoms with Crippen LogP contribution >= 0.6 is 0 Å². The number of hydrogen-bond acceptors (Lipinski definition) is 5. The molecular formula is C13H17N3O3. The highest BCUT2D eigenvalue weighted by Crippen LogP contribution is 2.27. The number of carbonyl (C=O) groups is 1. The van der Waals surface area contributed by atoms with Gasteiger partial charge >= 0.3 is 5.97 Å². The summed E-state index contributed by atoms with van der Waals surface area (Å²) in [5.74, 6) is -0.231. The molecule has 0 aromatic heterocycles. The third kappa shape index (κ3) is 3.30. The van der Waals surface area contributed by atoms with Crippen LogP contribution in [0.2, 0.25) is 0 Å². The third-order valence-corrected chi connectivity index (χ3v) is 3.12. The third-order valence-electron chi connectivity index (χ3n) is 3.12. The summed E-state index contributed by atoms with van der Waals surface area (Å²) in [6, 6.07) is 7.44. The van der Waals surface area contributed by atoms with Gasteiger partial charge in [-0.25, -0.2) is 0 Å². The highest BCUT2D eigenvalue weighted by atomic mass is 16.7. The molecule has 2 unspecified atom stereocenters. The van der Waals surface area contributed by atoms with Crippen LogP contribution in [0.3, 0.4) is 0 Å². The molecule has 1 aromatic carbocycles. The van der Waals surface area contributed by atoms with Gasteiger partial charge in [-0.3, -0.25) is 15.0 Å². The minimum Gasteiger partial charge on any atom is -0.469 e. The number of amidine groups is 1. The van der Waals surface area contributed by atoms with Gasteiger partial charge in [0.2, 0.25) is 0 Å². The van der Waals surface area contributed by atoms with Crippen LogP contribution in [0.4, 0.5) is 0 Å². The van der Waals surface area contributed by atoms with Crippen LogP contribution in [0.15, 0.2) is 24.3 Å². The maximum atomic E-state index is 11.2. The Bertz CT molecular complexity index is 473. The van der Waals surface area contributed by atoms with Gasteiger partial charge in [0.25, 0.3) is 0 Å². The van der Waals surface area contributed by atoms with Crippen LogP contribution in [0, 0.1) is 5.41 Å². The summed E-state index contributed by atoms with van der Waals surface area (Å²) < 4.78 is 4.61. The number of carbonyl (C=O) groups excluding carboxylic acids is 1. The Morgan fingerprint density at radius 1 is 1.53 bits per heavy atom. The minimum atomic E-state index is -0.278. The second-order valence-corrected chi connectivity index (χ2v) is 4.46. The smallest absolute Gasteiger partial charge is 0.308 e. The van der Waals surface area contributed by atoms with Crippen molar-refractivity contribution in [2.24, 2.45) is 5.73 Å². The second kappa shape index (κ2) is 5.81. The molecule has 0 aliphatic carbocycles. The zero-order valence-electron chi connectivity index (χ0n) is 10.7. The van der Waals surface area contributed by atoms with Crippen LogP contribution in [-0.2, 0) is 14.4 Å². The summed E-state index contributed by atoms with van der Waals surface area (Å²) >= 11 is 0. The van der Waals surface area contributed by atoms with E-state index in [0.717, 1.165) is 5.56 Å². The molecular weight excluding hydrogens is 246 g/mol. The lowest BCUT2D eigenvalue weighted by molar-refractivity contribution is -0.143. The number of methoxy groups -OCH3 is 1. The van der Waals surface area contributed by atoms with E-state index in [1.807, 2.05) is 12.1 Å². The van der Waals surface area contributed by atoms with Gasteiger partial charge in [-0.1, -0.05) is 24.3 Å². The lowest BCUT2D eigenvalue weighted by Crippen LogP contribution is -2.16. The van der Waals surface area contributed by atoms with E-state index in [0.29, 0.717) is 12.0 Å². The van der Waals surface area contributed by atoms with E-state index in [1.54, 1.807) is 12.1 Å². The number of rotatable bonds is 4. The van der Waals surface area contributed by atoms with Crippen LogP contribution < -0.4 is 11.2 Å². The number of hydrogen-bond donors (Lipinski definition) is 3. The van der Waals surface area contributed by atoms with Gasteiger partial charge in [-0.2, -0.15) is 5.48 Å². The number of nitrogen functional groups attached to an aromatic ring is 1. The van der Waals surface area contributed by atoms with Crippen molar-refractivity contribution in [1.29, 1.82) is 5.41 Å². The normalized spacial score (nSPS) is 22.2. The molecule has 0 radical (unpaired) electrons. The molecule has 1 aliphatic rings. The van der Waals surface area contributed by atoms with Crippen molar-refractivity contribution < 1.29 is 14.4 Å². The maximum Gasteiger partial charge on any atom is 0.308 e. The Morgan fingerprint density at radius 3 is 2.79 bits per heavy atom. The molecule has 6 heteroatoms. The van der Waals surface area contributed by atoms with Crippen LogP contribution in [0.5, 0.6) is 0 Å². The standard InChI is InChI=1S/C13H17N3O3/c1-18-12(17)7-10-6-11(16-19-10)8-2-4-9(5-3-8)13(14)15/h2-5,10-11,16H,6-7H2,1H3,(H3,14,15). The molecule has 1 heterocycles. The average molecular weight is 263 g/mol. The predicted octanol–water partition coefficient (Wildman–Crippen LogP) is 0.868. The van der Waals surface area contributed by atoms with E-state index >= 15 is 0 Å². The van der Waals surface area contributed by atoms with Crippen molar-refractivity contribution in [1.82, 2.24) is 5.48 Å². The van der Waals surface area contributed by atoms with Gasteiger partial charge in [0.15, 0.2) is 0 Å². The lowest BCUT2D eigenvalue weighted by atomic mass is 10.00. The quantitative estimate of drug-likeness (QED) is 0.425. The van der Waals surface area contributed by atoms with E-state index in [4.69, 9.17) is 16.0 Å². The Labute approximate surface area is 111 Å². The van der Waals surface area contributed by atoms with Crippen LogP contribution in [-0.4, -0.2) is 25.0 Å². The van der Waals surface area contributed by atoms with Crippen molar-refractivity contribution in [2.45, 2.75) is 25.0 Å². The van der Waals surface area contributed by atoms with Crippen LogP contribution in [0.25, 0.3) is 0 Å². The first-order chi connectivity index (χ1) is 9.10. The SMILES string of the molecule is COC(=O)CC1CC(c2ccc(C(=N)N)cc2)NO1. The summed E-state index contributed by atoms with van der Waals surface area (Å²) in [7, 11) is 1.36. The Kier molecular flexibility index (Phi) is 4.13. The first-order valence-electron chi connectivity index (χ1n) is 6.02. The highest BCUT2D eigenvalue weighted by Gasteiger charge is 2.28. The van der Waals surface area contributed by atoms with E-state index in [2.05, 4.69) is 10.2 Å². The first kappa shape index (κ1) is 13.5. The largest absolute Gasteiger partial charge is 0.469 e. The Hall–Kier alpha value is -1.92. The molecule has 102 valence electrons. The van der Waals surface area contributed by atoms with Gasteiger partial charge < -0.3 is 10.5 Å². The molecule has 6 nitrogen and oxygen atoms in total. The first-order valence-corrected chi connectivity index (χ1v) is 6.02. The number of benzene rings is 1. The molecule has 0 amide bonds. The summed E-state index contributed by atoms with van der Waals surface area (Å²) in [5.41, 5.74) is 10.0. The monoisotopic (exact) mass is 263 g/mol. The number of nitrogens with two attached hydrogens (primary N) is 1. The summed E-state index contributed by atoms with van der Waals surface area (Å²) in [6.45, 7) is 0. The summed E-state index contributed by atoms with van der Waals surface area (Å²) in [5, 5.41) is 7.33. The van der Waals surface area contributed by atoms with E-state index in [1.165, 1.54) is 7.11 Å². The molecule has 4 N–H and O–H groups in total. The number of ether oxygens (including phenoxy) is 1. The number of nitrogens with one attached hydrogen (secondary N) is 2. The molecule has 2 atom stereocenters. The average Bonchev–Trinajstić information content (AvgIpc) is 2.87. The van der Waals surface area contributed by atoms with Gasteiger partial charge in [0.05, 0.1) is 25.7 Å². The molecule has 2 rings (SSSR count). The van der Waals surface area contributed by atoms with Gasteiger partial charge in [-0.05, 0) is 12.0 Å². The van der Waals surface area contributed by atoms with Crippen LogP contribution in [0.1, 0.15) is 30.0 Å². The van der Waals surface area contributed by atoms with Crippen molar-refractivity contribution in [3.8, 4) is 0 Å². The van der Waals surface area contributed by atoms with Gasteiger partial charge in [-0.15, -0.1) is 0 Å². The fraction of sp³-hybridized carbons (Fsp3) is 0.385. The van der Waals surface area contributed by atoms with Crippen molar-refractivity contribution in [2.75, 3.05) is 7.11 Å². The fourth-order valence-electron chi connectivity index (χ4n) is 2.03. The maximum absolute atomic E-state index is 11.2. The predicted molar refractivity (Wildman–Crippen MR) is 69.5 cm³/mol. The molecule has 0 saturated carbocycles. The molecule has 1 saturated heterocycles. The molecule has 1 aromatic rings. The second-order valence-electron chi connectivity index (χ2n) is 4.46. The van der Waals surface area contributed by atoms with Gasteiger partial charge in [0.1, 0.15) is 5.84 Å². The zero-order chi connectivity index (χ0) is 13.8. The molecule has 0 spiro atoms. The fourth-order valence-corrected chi connectivity index (χ4v) is 2.03. The molecule has 0 bridgehead atoms. The van der Waals surface area contributed by atoms with E-state index in [9.17, 15) is 4.79 Å². The number of esters is 1. The van der Waals surface area contributed by atoms with Crippen molar-refractivity contribution >= 4 is 11.8 Å². The number of hydroxylamine groups is 1. The molecule has 1 aliphatic heterocycles. The highest BCUT2D eigenvalue weighted by molar-refractivity contribution is 5.94. The zero-order valence-corrected chi connectivity index (χ0v) is 10.7. The van der Waals surface area contributed by atoms with Crippen molar-refractivity contribution in [3.05, 3.63) is 35.4 Å².